The van der Waals surface area contributed by atoms with Gasteiger partial charge < -0.3 is 15.0 Å². The van der Waals surface area contributed by atoms with E-state index in [1.165, 1.54) is 19.3 Å². The molecule has 0 saturated carbocycles. The lowest BCUT2D eigenvalue weighted by Crippen LogP contribution is -2.52. The quantitative estimate of drug-likeness (QED) is 0.795. The summed E-state index contributed by atoms with van der Waals surface area (Å²) in [7, 11) is 0. The molecule has 2 unspecified atom stereocenters. The Labute approximate surface area is 116 Å². The Morgan fingerprint density at radius 3 is 2.63 bits per heavy atom. The van der Waals surface area contributed by atoms with Gasteiger partial charge in [-0.2, -0.15) is 0 Å². The predicted molar refractivity (Wildman–Crippen MR) is 76.2 cm³/mol. The normalized spacial score (nSPS) is 29.1. The zero-order valence-corrected chi connectivity index (χ0v) is 12.6. The second kappa shape index (κ2) is 6.12. The maximum absolute atomic E-state index is 12.4. The summed E-state index contributed by atoms with van der Waals surface area (Å²) in [5, 5.41) is 3.46. The number of piperidine rings is 2. The second-order valence-corrected chi connectivity index (χ2v) is 6.84. The topological polar surface area (TPSA) is 41.6 Å². The van der Waals surface area contributed by atoms with E-state index in [0.717, 1.165) is 32.5 Å². The molecule has 2 fully saturated rings. The molecule has 2 atom stereocenters. The molecule has 0 radical (unpaired) electrons. The molecule has 1 amide bonds. The van der Waals surface area contributed by atoms with Crippen LogP contribution in [0.1, 0.15) is 52.9 Å². The van der Waals surface area contributed by atoms with E-state index in [0.29, 0.717) is 12.0 Å². The highest BCUT2D eigenvalue weighted by Crippen LogP contribution is 2.28. The van der Waals surface area contributed by atoms with Crippen LogP contribution < -0.4 is 5.32 Å². The summed E-state index contributed by atoms with van der Waals surface area (Å²) in [6, 6.07) is 0.372. The van der Waals surface area contributed by atoms with Crippen molar-refractivity contribution in [2.45, 2.75) is 64.5 Å². The molecule has 0 aromatic carbocycles. The van der Waals surface area contributed by atoms with Gasteiger partial charge >= 0.3 is 6.09 Å². The number of nitrogens with zero attached hydrogens (tertiary/aromatic N) is 1. The third kappa shape index (κ3) is 4.10. The summed E-state index contributed by atoms with van der Waals surface area (Å²) < 4.78 is 5.56. The Morgan fingerprint density at radius 1 is 1.21 bits per heavy atom. The van der Waals surface area contributed by atoms with Gasteiger partial charge in [0.25, 0.3) is 0 Å². The van der Waals surface area contributed by atoms with Gasteiger partial charge in [0.15, 0.2) is 0 Å². The van der Waals surface area contributed by atoms with Gasteiger partial charge in [0.2, 0.25) is 0 Å². The van der Waals surface area contributed by atoms with E-state index < -0.39 is 5.60 Å². The van der Waals surface area contributed by atoms with Crippen LogP contribution in [0.15, 0.2) is 0 Å². The Kier molecular flexibility index (Phi) is 4.71. The summed E-state index contributed by atoms with van der Waals surface area (Å²) >= 11 is 0. The summed E-state index contributed by atoms with van der Waals surface area (Å²) in [4.78, 5) is 14.3. The van der Waals surface area contributed by atoms with Gasteiger partial charge in [-0.3, -0.25) is 0 Å². The molecule has 2 saturated heterocycles. The van der Waals surface area contributed by atoms with Crippen molar-refractivity contribution in [3.8, 4) is 0 Å². The minimum absolute atomic E-state index is 0.122. The van der Waals surface area contributed by atoms with Crippen molar-refractivity contribution in [3.63, 3.8) is 0 Å². The maximum Gasteiger partial charge on any atom is 0.410 e. The summed E-state index contributed by atoms with van der Waals surface area (Å²) in [6.45, 7) is 8.83. The third-order valence-corrected chi connectivity index (χ3v) is 4.06. The van der Waals surface area contributed by atoms with Crippen molar-refractivity contribution < 1.29 is 9.53 Å². The van der Waals surface area contributed by atoms with Crippen LogP contribution in [-0.4, -0.2) is 42.3 Å². The maximum atomic E-state index is 12.4. The van der Waals surface area contributed by atoms with Crippen LogP contribution in [0.5, 0.6) is 0 Å². The lowest BCUT2D eigenvalue weighted by molar-refractivity contribution is -0.000418. The van der Waals surface area contributed by atoms with Gasteiger partial charge in [0.1, 0.15) is 5.60 Å². The van der Waals surface area contributed by atoms with Gasteiger partial charge in [0.05, 0.1) is 0 Å². The molecule has 110 valence electrons. The molecular formula is C15H28N2O2. The molecule has 2 aliphatic heterocycles. The molecule has 0 aromatic rings. The Balaban J connectivity index is 2.00. The molecule has 0 bridgehead atoms. The number of ether oxygens (including phenoxy) is 1. The molecule has 2 aliphatic rings. The summed E-state index contributed by atoms with van der Waals surface area (Å²) in [5.74, 6) is 0.599. The van der Waals surface area contributed by atoms with Gasteiger partial charge in [-0.25, -0.2) is 4.79 Å². The Hall–Kier alpha value is -0.770. The monoisotopic (exact) mass is 268 g/mol. The Morgan fingerprint density at radius 2 is 2.00 bits per heavy atom. The number of nitrogens with one attached hydrogen (secondary N) is 1. The minimum atomic E-state index is -0.399. The van der Waals surface area contributed by atoms with Gasteiger partial charge in [-0.1, -0.05) is 0 Å². The van der Waals surface area contributed by atoms with E-state index in [9.17, 15) is 4.79 Å². The lowest BCUT2D eigenvalue weighted by Gasteiger charge is -2.42. The van der Waals surface area contributed by atoms with Crippen molar-refractivity contribution in [3.05, 3.63) is 0 Å². The number of amides is 1. The van der Waals surface area contributed by atoms with Gasteiger partial charge in [-0.05, 0) is 71.9 Å². The first-order valence-corrected chi connectivity index (χ1v) is 7.68. The second-order valence-electron chi connectivity index (χ2n) is 6.84. The van der Waals surface area contributed by atoms with Gasteiger partial charge in [0, 0.05) is 12.6 Å². The third-order valence-electron chi connectivity index (χ3n) is 4.06. The highest BCUT2D eigenvalue weighted by atomic mass is 16.6. The first-order chi connectivity index (χ1) is 8.97. The predicted octanol–water partition coefficient (Wildman–Crippen LogP) is 2.78. The molecule has 19 heavy (non-hydrogen) atoms. The van der Waals surface area contributed by atoms with Crippen molar-refractivity contribution in [2.75, 3.05) is 19.6 Å². The standard InChI is InChI=1S/C15H28N2O2/c1-15(2,3)19-14(18)17-10-5-4-8-13(17)12-7-6-9-16-11-12/h12-13,16H,4-11H2,1-3H3. The van der Waals surface area contributed by atoms with Crippen LogP contribution in [0.3, 0.4) is 0 Å². The molecule has 0 spiro atoms. The van der Waals surface area contributed by atoms with Crippen molar-refractivity contribution in [1.29, 1.82) is 0 Å². The number of likely N-dealkylation sites (tertiary alicyclic amines) is 1. The van der Waals surface area contributed by atoms with E-state index in [1.54, 1.807) is 0 Å². The smallest absolute Gasteiger partial charge is 0.410 e. The summed E-state index contributed by atoms with van der Waals surface area (Å²) in [6.07, 6.45) is 5.81. The van der Waals surface area contributed by atoms with Gasteiger partial charge in [-0.15, -0.1) is 0 Å². The fourth-order valence-electron chi connectivity index (χ4n) is 3.20. The number of carbonyl (C=O) groups excluding carboxylic acids is 1. The van der Waals surface area contributed by atoms with E-state index >= 15 is 0 Å². The van der Waals surface area contributed by atoms with E-state index in [-0.39, 0.29) is 6.09 Å². The average molecular weight is 268 g/mol. The first-order valence-electron chi connectivity index (χ1n) is 7.68. The van der Waals surface area contributed by atoms with Crippen LogP contribution in [0.2, 0.25) is 0 Å². The first kappa shape index (κ1) is 14.6. The number of carbonyl (C=O) groups is 1. The van der Waals surface area contributed by atoms with Crippen LogP contribution in [0.25, 0.3) is 0 Å². The number of hydrogen-bond donors (Lipinski definition) is 1. The SMILES string of the molecule is CC(C)(C)OC(=O)N1CCCCC1C1CCCNC1. The summed E-state index contributed by atoms with van der Waals surface area (Å²) in [5.41, 5.74) is -0.399. The van der Waals surface area contributed by atoms with Crippen molar-refractivity contribution >= 4 is 6.09 Å². The Bertz CT molecular complexity index is 306. The molecule has 0 aliphatic carbocycles. The van der Waals surface area contributed by atoms with Crippen LogP contribution >= 0.6 is 0 Å². The van der Waals surface area contributed by atoms with E-state index in [2.05, 4.69) is 5.32 Å². The lowest BCUT2D eigenvalue weighted by atomic mass is 9.85. The molecule has 4 nitrogen and oxygen atoms in total. The number of hydrogen-bond acceptors (Lipinski definition) is 3. The highest BCUT2D eigenvalue weighted by molar-refractivity contribution is 5.68. The van der Waals surface area contributed by atoms with E-state index in [1.807, 2.05) is 25.7 Å². The fraction of sp³-hybridized carbons (Fsp3) is 0.933. The molecule has 0 aromatic heterocycles. The van der Waals surface area contributed by atoms with E-state index in [4.69, 9.17) is 4.74 Å². The number of rotatable bonds is 1. The molecule has 4 heteroatoms. The zero-order chi connectivity index (χ0) is 13.9. The minimum Gasteiger partial charge on any atom is -0.444 e. The fourth-order valence-corrected chi connectivity index (χ4v) is 3.20. The van der Waals surface area contributed by atoms with Crippen molar-refractivity contribution in [1.82, 2.24) is 10.2 Å². The highest BCUT2D eigenvalue weighted by Gasteiger charge is 2.35. The van der Waals surface area contributed by atoms with Crippen LogP contribution in [-0.2, 0) is 4.74 Å². The largest absolute Gasteiger partial charge is 0.444 e. The molecule has 2 heterocycles. The van der Waals surface area contributed by atoms with Crippen LogP contribution in [0, 0.1) is 5.92 Å². The zero-order valence-electron chi connectivity index (χ0n) is 12.6. The average Bonchev–Trinajstić information content (AvgIpc) is 2.38. The molecule has 2 rings (SSSR count). The van der Waals surface area contributed by atoms with Crippen LogP contribution in [0.4, 0.5) is 4.79 Å². The molecule has 1 N–H and O–H groups in total. The van der Waals surface area contributed by atoms with Crippen molar-refractivity contribution in [2.24, 2.45) is 5.92 Å². The molecular weight excluding hydrogens is 240 g/mol.